The molecule has 0 aliphatic carbocycles. The molecule has 1 atom stereocenters. The van der Waals surface area contributed by atoms with E-state index in [4.69, 9.17) is 14.2 Å². The molecule has 1 unspecified atom stereocenters. The van der Waals surface area contributed by atoms with Gasteiger partial charge in [-0.2, -0.15) is 0 Å². The third kappa shape index (κ3) is 54.7. The molecular formula is C64H104O6. The Balaban J connectivity index is 4.52. The first-order valence-electron chi connectivity index (χ1n) is 28.5. The van der Waals surface area contributed by atoms with E-state index < -0.39 is 6.10 Å². The minimum absolute atomic E-state index is 0.113. The number of carbonyl (C=O) groups excluding carboxylic acids is 3. The highest BCUT2D eigenvalue weighted by atomic mass is 16.6. The van der Waals surface area contributed by atoms with Crippen LogP contribution in [-0.4, -0.2) is 37.2 Å². The maximum Gasteiger partial charge on any atom is 0.306 e. The standard InChI is InChI=1S/C64H104O6/c1-4-7-10-13-16-19-22-25-28-31-32-34-36-39-42-45-48-51-54-57-63(66)69-60-61(59-68-62(65)56-53-50-47-44-41-38-35-30-27-24-21-18-15-12-9-6-3)70-64(67)58-55-52-49-46-43-40-37-33-29-26-23-20-17-14-11-8-5-2/h7,9-10,12,16,18-19,21,25-30,32,34,38,41,47,50,61H,4-6,8,11,13-15,17,20,22-24,31,33,35-37,39-40,42-46,48-49,51-60H2,1-3H3/b10-7-,12-9-,19-16-,21-18-,28-25-,29-26-,30-27-,34-32-,41-38-,50-47-. The average Bonchev–Trinajstić information content (AvgIpc) is 3.36. The first-order valence-corrected chi connectivity index (χ1v) is 28.5. The zero-order chi connectivity index (χ0) is 50.7. The lowest BCUT2D eigenvalue weighted by molar-refractivity contribution is -0.166. The van der Waals surface area contributed by atoms with Gasteiger partial charge in [-0.15, -0.1) is 0 Å². The number of carbonyl (C=O) groups is 3. The lowest BCUT2D eigenvalue weighted by Gasteiger charge is -2.18. The molecule has 0 aromatic rings. The third-order valence-corrected chi connectivity index (χ3v) is 11.7. The molecule has 70 heavy (non-hydrogen) atoms. The SMILES string of the molecule is CC/C=C\C/C=C\C/C=C\C/C=C\C/C=C\CCC(=O)OCC(COC(=O)CCCCCCCC/C=C\C/C=C\C/C=C\C/C=C\CC)OC(=O)CCCCCCCCC/C=C\CCCCCCCC. The summed E-state index contributed by atoms with van der Waals surface area (Å²) in [6.45, 7) is 6.33. The predicted octanol–water partition coefficient (Wildman–Crippen LogP) is 19.3. The molecule has 0 heterocycles. The van der Waals surface area contributed by atoms with Gasteiger partial charge in [-0.1, -0.05) is 232 Å². The lowest BCUT2D eigenvalue weighted by atomic mass is 10.1. The number of esters is 3. The Morgan fingerprint density at radius 3 is 0.971 bits per heavy atom. The maximum atomic E-state index is 12.9. The number of unbranched alkanes of at least 4 members (excludes halogenated alkanes) is 19. The molecular weight excluding hydrogens is 865 g/mol. The van der Waals surface area contributed by atoms with Crippen LogP contribution in [-0.2, 0) is 28.6 Å². The molecule has 0 N–H and O–H groups in total. The second kappa shape index (κ2) is 57.4. The summed E-state index contributed by atoms with van der Waals surface area (Å²) in [5.41, 5.74) is 0. The summed E-state index contributed by atoms with van der Waals surface area (Å²) in [6, 6.07) is 0. The summed E-state index contributed by atoms with van der Waals surface area (Å²) in [4.78, 5) is 38.1. The van der Waals surface area contributed by atoms with Crippen molar-refractivity contribution >= 4 is 17.9 Å². The van der Waals surface area contributed by atoms with E-state index >= 15 is 0 Å². The molecule has 0 aliphatic heterocycles. The second-order valence-corrected chi connectivity index (χ2v) is 18.4. The Hall–Kier alpha value is -4.19. The van der Waals surface area contributed by atoms with Crippen molar-refractivity contribution in [2.24, 2.45) is 0 Å². The number of rotatable bonds is 50. The van der Waals surface area contributed by atoms with Crippen molar-refractivity contribution in [2.75, 3.05) is 13.2 Å². The normalized spacial score (nSPS) is 13.0. The van der Waals surface area contributed by atoms with E-state index in [1.54, 1.807) is 0 Å². The van der Waals surface area contributed by atoms with Crippen LogP contribution in [0.3, 0.4) is 0 Å². The highest BCUT2D eigenvalue weighted by molar-refractivity contribution is 5.71. The van der Waals surface area contributed by atoms with Gasteiger partial charge in [0, 0.05) is 19.3 Å². The van der Waals surface area contributed by atoms with Crippen LogP contribution in [0.2, 0.25) is 0 Å². The summed E-state index contributed by atoms with van der Waals surface area (Å²) >= 11 is 0. The summed E-state index contributed by atoms with van der Waals surface area (Å²) in [5, 5.41) is 0. The molecule has 0 aliphatic rings. The molecule has 6 nitrogen and oxygen atoms in total. The monoisotopic (exact) mass is 969 g/mol. The quantitative estimate of drug-likeness (QED) is 0.0262. The Bertz CT molecular complexity index is 1490. The smallest absolute Gasteiger partial charge is 0.306 e. The summed E-state index contributed by atoms with van der Waals surface area (Å²) in [7, 11) is 0. The molecule has 0 saturated carbocycles. The molecule has 0 saturated heterocycles. The van der Waals surface area contributed by atoms with Crippen LogP contribution in [0.4, 0.5) is 0 Å². The average molecular weight is 970 g/mol. The molecule has 0 fully saturated rings. The highest BCUT2D eigenvalue weighted by Crippen LogP contribution is 2.14. The van der Waals surface area contributed by atoms with E-state index in [-0.39, 0.29) is 37.5 Å². The number of hydrogen-bond donors (Lipinski definition) is 0. The summed E-state index contributed by atoms with van der Waals surface area (Å²) in [5.74, 6) is -1.02. The third-order valence-electron chi connectivity index (χ3n) is 11.7. The Morgan fingerprint density at radius 2 is 0.586 bits per heavy atom. The largest absolute Gasteiger partial charge is 0.462 e. The molecule has 0 aromatic carbocycles. The fourth-order valence-corrected chi connectivity index (χ4v) is 7.48. The molecule has 0 amide bonds. The first kappa shape index (κ1) is 65.8. The minimum Gasteiger partial charge on any atom is -0.462 e. The highest BCUT2D eigenvalue weighted by Gasteiger charge is 2.19. The van der Waals surface area contributed by atoms with Crippen LogP contribution in [0.25, 0.3) is 0 Å². The van der Waals surface area contributed by atoms with Crippen LogP contribution in [0.1, 0.15) is 245 Å². The van der Waals surface area contributed by atoms with Crippen LogP contribution >= 0.6 is 0 Å². The lowest BCUT2D eigenvalue weighted by Crippen LogP contribution is -2.30. The van der Waals surface area contributed by atoms with Crippen LogP contribution < -0.4 is 0 Å². The van der Waals surface area contributed by atoms with Gasteiger partial charge in [0.05, 0.1) is 0 Å². The summed E-state index contributed by atoms with van der Waals surface area (Å²) in [6.07, 6.45) is 79.1. The van der Waals surface area contributed by atoms with Crippen molar-refractivity contribution in [3.63, 3.8) is 0 Å². The first-order chi connectivity index (χ1) is 34.5. The topological polar surface area (TPSA) is 78.9 Å². The van der Waals surface area contributed by atoms with Gasteiger partial charge in [0.1, 0.15) is 13.2 Å². The van der Waals surface area contributed by atoms with E-state index in [2.05, 4.69) is 136 Å². The van der Waals surface area contributed by atoms with Crippen molar-refractivity contribution in [1.82, 2.24) is 0 Å². The zero-order valence-electron chi connectivity index (χ0n) is 45.2. The Morgan fingerprint density at radius 1 is 0.300 bits per heavy atom. The maximum absolute atomic E-state index is 12.9. The number of ether oxygens (including phenoxy) is 3. The molecule has 0 radical (unpaired) electrons. The molecule has 396 valence electrons. The number of allylic oxidation sites excluding steroid dienone is 20. The van der Waals surface area contributed by atoms with Crippen molar-refractivity contribution < 1.29 is 28.6 Å². The molecule has 0 aromatic heterocycles. The van der Waals surface area contributed by atoms with Crippen LogP contribution in [0.15, 0.2) is 122 Å². The minimum atomic E-state index is -0.820. The van der Waals surface area contributed by atoms with E-state index in [1.807, 2.05) is 6.08 Å². The van der Waals surface area contributed by atoms with E-state index in [0.29, 0.717) is 19.3 Å². The fourth-order valence-electron chi connectivity index (χ4n) is 7.48. The van der Waals surface area contributed by atoms with Crippen molar-refractivity contribution in [3.05, 3.63) is 122 Å². The van der Waals surface area contributed by atoms with Gasteiger partial charge in [-0.25, -0.2) is 0 Å². The van der Waals surface area contributed by atoms with Crippen LogP contribution in [0, 0.1) is 0 Å². The van der Waals surface area contributed by atoms with E-state index in [9.17, 15) is 14.4 Å². The van der Waals surface area contributed by atoms with Gasteiger partial charge in [-0.05, 0) is 116 Å². The summed E-state index contributed by atoms with van der Waals surface area (Å²) < 4.78 is 16.8. The number of hydrogen-bond acceptors (Lipinski definition) is 6. The molecule has 6 heteroatoms. The predicted molar refractivity (Wildman–Crippen MR) is 302 cm³/mol. The van der Waals surface area contributed by atoms with E-state index in [1.165, 1.54) is 89.9 Å². The zero-order valence-corrected chi connectivity index (χ0v) is 45.2. The van der Waals surface area contributed by atoms with Gasteiger partial charge in [-0.3, -0.25) is 14.4 Å². The van der Waals surface area contributed by atoms with E-state index in [0.717, 1.165) is 109 Å². The second-order valence-electron chi connectivity index (χ2n) is 18.4. The fraction of sp³-hybridized carbons (Fsp3) is 0.641. The van der Waals surface area contributed by atoms with Gasteiger partial charge < -0.3 is 14.2 Å². The molecule has 0 spiro atoms. The van der Waals surface area contributed by atoms with Gasteiger partial charge in [0.15, 0.2) is 6.10 Å². The van der Waals surface area contributed by atoms with Gasteiger partial charge in [0.25, 0.3) is 0 Å². The Kier molecular flexibility index (Phi) is 54.0. The van der Waals surface area contributed by atoms with Gasteiger partial charge in [0.2, 0.25) is 0 Å². The van der Waals surface area contributed by atoms with Crippen molar-refractivity contribution in [2.45, 2.75) is 252 Å². The Labute approximate surface area is 431 Å². The van der Waals surface area contributed by atoms with Crippen molar-refractivity contribution in [1.29, 1.82) is 0 Å². The van der Waals surface area contributed by atoms with Gasteiger partial charge >= 0.3 is 17.9 Å². The van der Waals surface area contributed by atoms with Crippen LogP contribution in [0.5, 0.6) is 0 Å². The molecule has 0 rings (SSSR count). The molecule has 0 bridgehead atoms. The van der Waals surface area contributed by atoms with Crippen molar-refractivity contribution in [3.8, 4) is 0 Å².